The molecule has 0 aliphatic rings. The van der Waals surface area contributed by atoms with Crippen LogP contribution < -0.4 is 10.1 Å². The number of halogens is 3. The maximum atomic E-state index is 13.7. The second-order valence-corrected chi connectivity index (χ2v) is 6.09. The minimum absolute atomic E-state index is 0.0630. The Morgan fingerprint density at radius 2 is 1.96 bits per heavy atom. The average molecular weight is 394 g/mol. The van der Waals surface area contributed by atoms with E-state index < -0.39 is 23.6 Å². The largest absolute Gasteiger partial charge is 0.416 e. The first-order valence-corrected chi connectivity index (χ1v) is 8.23. The van der Waals surface area contributed by atoms with Crippen molar-refractivity contribution in [3.05, 3.63) is 70.2 Å². The zero-order chi connectivity index (χ0) is 19.6. The highest BCUT2D eigenvalue weighted by Gasteiger charge is 2.18. The van der Waals surface area contributed by atoms with Gasteiger partial charge < -0.3 is 14.5 Å². The topological polar surface area (TPSA) is 77.2 Å². The predicted molar refractivity (Wildman–Crippen MR) is 92.8 cm³/mol. The smallest absolute Gasteiger partial charge is 0.401 e. The fourth-order valence-electron chi connectivity index (χ4n) is 2.21. The number of nitrogens with zero attached hydrogens (tertiary/aromatic N) is 2. The number of ether oxygens (including phenoxy) is 1. The van der Waals surface area contributed by atoms with Crippen LogP contribution in [0.25, 0.3) is 0 Å². The minimum Gasteiger partial charge on any atom is -0.416 e. The van der Waals surface area contributed by atoms with Crippen molar-refractivity contribution in [3.8, 4) is 12.0 Å². The molecule has 0 spiro atoms. The monoisotopic (exact) mass is 393 g/mol. The van der Waals surface area contributed by atoms with E-state index in [1.165, 1.54) is 19.1 Å². The molecule has 0 bridgehead atoms. The van der Waals surface area contributed by atoms with Gasteiger partial charge in [-0.25, -0.2) is 13.8 Å². The Morgan fingerprint density at radius 1 is 1.26 bits per heavy atom. The molecule has 3 aromatic rings. The first kappa shape index (κ1) is 18.8. The summed E-state index contributed by atoms with van der Waals surface area (Å²) < 4.78 is 37.7. The van der Waals surface area contributed by atoms with E-state index in [2.05, 4.69) is 15.3 Å². The summed E-state index contributed by atoms with van der Waals surface area (Å²) in [6.45, 7) is 2.93. The van der Waals surface area contributed by atoms with Gasteiger partial charge in [0.25, 0.3) is 5.91 Å². The Morgan fingerprint density at radius 3 is 2.63 bits per heavy atom. The molecule has 2 heterocycles. The van der Waals surface area contributed by atoms with Crippen molar-refractivity contribution in [2.24, 2.45) is 0 Å². The Labute approximate surface area is 158 Å². The number of oxazole rings is 1. The Hall–Kier alpha value is -3.00. The molecule has 0 fully saturated rings. The highest BCUT2D eigenvalue weighted by molar-refractivity contribution is 6.29. The summed E-state index contributed by atoms with van der Waals surface area (Å²) in [5.41, 5.74) is 0.143. The van der Waals surface area contributed by atoms with E-state index in [1.807, 2.05) is 0 Å². The van der Waals surface area contributed by atoms with Gasteiger partial charge in [0.2, 0.25) is 5.88 Å². The third-order valence-electron chi connectivity index (χ3n) is 3.75. The molecule has 1 N–H and O–H groups in total. The molecule has 140 valence electrons. The van der Waals surface area contributed by atoms with Crippen LogP contribution in [-0.2, 0) is 0 Å². The number of hydrogen-bond acceptors (Lipinski definition) is 5. The number of carbonyl (C=O) groups is 1. The molecule has 0 saturated heterocycles. The third-order valence-corrected chi connectivity index (χ3v) is 3.96. The van der Waals surface area contributed by atoms with Gasteiger partial charge in [0.1, 0.15) is 23.1 Å². The number of amides is 1. The molecule has 0 saturated carbocycles. The number of pyridine rings is 1. The number of rotatable bonds is 5. The Balaban J connectivity index is 1.69. The lowest BCUT2D eigenvalue weighted by Crippen LogP contribution is -2.27. The highest BCUT2D eigenvalue weighted by Crippen LogP contribution is 2.22. The SMILES string of the molecule is Cc1c(F)cc(C(C)NC(=O)c2coc(Oc3cccc(Cl)n3)n2)cc1F. The minimum atomic E-state index is -0.683. The molecule has 0 aliphatic carbocycles. The van der Waals surface area contributed by atoms with Gasteiger partial charge >= 0.3 is 6.08 Å². The molecule has 6 nitrogen and oxygen atoms in total. The molecule has 0 radical (unpaired) electrons. The van der Waals surface area contributed by atoms with Crippen LogP contribution in [-0.4, -0.2) is 15.9 Å². The summed E-state index contributed by atoms with van der Waals surface area (Å²) in [4.78, 5) is 20.1. The number of carbonyl (C=O) groups excluding carboxylic acids is 1. The lowest BCUT2D eigenvalue weighted by Gasteiger charge is -2.14. The number of nitrogens with one attached hydrogen (secondary N) is 1. The van der Waals surface area contributed by atoms with Crippen molar-refractivity contribution in [1.29, 1.82) is 0 Å². The van der Waals surface area contributed by atoms with Crippen molar-refractivity contribution < 1.29 is 22.7 Å². The number of benzene rings is 1. The standard InChI is InChI=1S/C18H14ClF2N3O3/c1-9-12(20)6-11(7-13(9)21)10(2)22-17(25)14-8-26-18(23-14)27-16-5-3-4-15(19)24-16/h3-8,10H,1-2H3,(H,22,25). The summed E-state index contributed by atoms with van der Waals surface area (Å²) in [6, 6.07) is 6.43. The van der Waals surface area contributed by atoms with Crippen LogP contribution in [0.5, 0.6) is 12.0 Å². The van der Waals surface area contributed by atoms with Crippen molar-refractivity contribution in [2.45, 2.75) is 19.9 Å². The lowest BCUT2D eigenvalue weighted by molar-refractivity contribution is 0.0934. The van der Waals surface area contributed by atoms with E-state index in [9.17, 15) is 13.6 Å². The Bertz CT molecular complexity index is 970. The third kappa shape index (κ3) is 4.40. The van der Waals surface area contributed by atoms with E-state index in [0.717, 1.165) is 6.26 Å². The van der Waals surface area contributed by atoms with Gasteiger partial charge in [-0.15, -0.1) is 0 Å². The molecule has 1 aromatic carbocycles. The summed E-state index contributed by atoms with van der Waals surface area (Å²) in [5.74, 6) is -1.81. The number of aromatic nitrogens is 2. The number of hydrogen-bond donors (Lipinski definition) is 1. The zero-order valence-electron chi connectivity index (χ0n) is 14.3. The summed E-state index contributed by atoms with van der Waals surface area (Å²) in [5, 5.41) is 2.81. The maximum Gasteiger partial charge on any atom is 0.401 e. The lowest BCUT2D eigenvalue weighted by atomic mass is 10.1. The molecule has 27 heavy (non-hydrogen) atoms. The van der Waals surface area contributed by atoms with Gasteiger partial charge in [-0.1, -0.05) is 17.7 Å². The maximum absolute atomic E-state index is 13.7. The first-order chi connectivity index (χ1) is 12.8. The average Bonchev–Trinajstić information content (AvgIpc) is 3.07. The van der Waals surface area contributed by atoms with Gasteiger partial charge in [-0.05, 0) is 37.6 Å². The van der Waals surface area contributed by atoms with Crippen LogP contribution in [0, 0.1) is 18.6 Å². The molecule has 9 heteroatoms. The van der Waals surface area contributed by atoms with E-state index in [1.54, 1.807) is 25.1 Å². The van der Waals surface area contributed by atoms with Gasteiger partial charge in [0.15, 0.2) is 5.69 Å². The predicted octanol–water partition coefficient (Wildman–Crippen LogP) is 4.59. The van der Waals surface area contributed by atoms with Crippen LogP contribution in [0.2, 0.25) is 5.15 Å². The fraction of sp³-hybridized carbons (Fsp3) is 0.167. The molecular weight excluding hydrogens is 380 g/mol. The highest BCUT2D eigenvalue weighted by atomic mass is 35.5. The zero-order valence-corrected chi connectivity index (χ0v) is 15.1. The summed E-state index contributed by atoms with van der Waals surface area (Å²) >= 11 is 5.75. The van der Waals surface area contributed by atoms with E-state index in [4.69, 9.17) is 20.8 Å². The molecule has 3 rings (SSSR count). The van der Waals surface area contributed by atoms with Gasteiger partial charge in [0, 0.05) is 11.6 Å². The fourth-order valence-corrected chi connectivity index (χ4v) is 2.37. The van der Waals surface area contributed by atoms with Gasteiger partial charge in [-0.3, -0.25) is 4.79 Å². The van der Waals surface area contributed by atoms with Crippen molar-refractivity contribution in [3.63, 3.8) is 0 Å². The molecule has 2 aromatic heterocycles. The van der Waals surface area contributed by atoms with Crippen LogP contribution in [0.1, 0.15) is 34.6 Å². The van der Waals surface area contributed by atoms with Crippen molar-refractivity contribution in [1.82, 2.24) is 15.3 Å². The molecule has 1 atom stereocenters. The molecule has 0 aliphatic heterocycles. The molecular formula is C18H14ClF2N3O3. The van der Waals surface area contributed by atoms with E-state index in [-0.39, 0.29) is 33.9 Å². The van der Waals surface area contributed by atoms with Gasteiger partial charge in [0.05, 0.1) is 6.04 Å². The molecule has 1 amide bonds. The molecule has 1 unspecified atom stereocenters. The van der Waals surface area contributed by atoms with Crippen molar-refractivity contribution >= 4 is 17.5 Å². The summed E-state index contributed by atoms with van der Waals surface area (Å²) in [6.07, 6.45) is 0.896. The van der Waals surface area contributed by atoms with Crippen LogP contribution in [0.4, 0.5) is 8.78 Å². The first-order valence-electron chi connectivity index (χ1n) is 7.86. The Kier molecular flexibility index (Phi) is 5.36. The summed E-state index contributed by atoms with van der Waals surface area (Å²) in [7, 11) is 0. The van der Waals surface area contributed by atoms with Crippen LogP contribution >= 0.6 is 11.6 Å². The van der Waals surface area contributed by atoms with E-state index >= 15 is 0 Å². The van der Waals surface area contributed by atoms with E-state index in [0.29, 0.717) is 0 Å². The second-order valence-electron chi connectivity index (χ2n) is 5.70. The quantitative estimate of drug-likeness (QED) is 0.641. The van der Waals surface area contributed by atoms with Crippen molar-refractivity contribution in [2.75, 3.05) is 0 Å². The normalized spacial score (nSPS) is 11.9. The van der Waals surface area contributed by atoms with Crippen LogP contribution in [0.15, 0.2) is 41.0 Å². The van der Waals surface area contributed by atoms with Gasteiger partial charge in [-0.2, -0.15) is 4.98 Å². The van der Waals surface area contributed by atoms with Crippen LogP contribution in [0.3, 0.4) is 0 Å². The second kappa shape index (κ2) is 7.71.